The minimum absolute atomic E-state index is 0.110. The van der Waals surface area contributed by atoms with Gasteiger partial charge in [-0.2, -0.15) is 13.2 Å². The Hall–Kier alpha value is -2.96. The first-order chi connectivity index (χ1) is 15.2. The van der Waals surface area contributed by atoms with Crippen LogP contribution in [0.2, 0.25) is 0 Å². The summed E-state index contributed by atoms with van der Waals surface area (Å²) in [6.45, 7) is 1.28. The molecule has 3 heterocycles. The summed E-state index contributed by atoms with van der Waals surface area (Å²) in [7, 11) is -3.66. The number of nitrogens with zero attached hydrogens (tertiary/aromatic N) is 1. The second kappa shape index (κ2) is 9.67. The Balaban J connectivity index is 0.000000913. The maximum atomic E-state index is 13.0. The fraction of sp³-hybridized carbons (Fsp3) is 0.300. The molecule has 3 aromatic rings. The van der Waals surface area contributed by atoms with Gasteiger partial charge in [0.25, 0.3) is 6.47 Å². The van der Waals surface area contributed by atoms with Gasteiger partial charge in [0.1, 0.15) is 11.3 Å². The van der Waals surface area contributed by atoms with E-state index < -0.39 is 21.9 Å². The van der Waals surface area contributed by atoms with Crippen molar-refractivity contribution < 1.29 is 31.5 Å². The van der Waals surface area contributed by atoms with Gasteiger partial charge in [-0.1, -0.05) is 12.1 Å². The van der Waals surface area contributed by atoms with Crippen LogP contribution in [0, 0.1) is 0 Å². The number of pyridine rings is 1. The molecule has 4 rings (SSSR count). The molecule has 0 radical (unpaired) electrons. The number of piperidine rings is 1. The van der Waals surface area contributed by atoms with Crippen molar-refractivity contribution >= 4 is 27.5 Å². The maximum absolute atomic E-state index is 13.0. The second-order valence-electron chi connectivity index (χ2n) is 7.08. The molecule has 1 saturated heterocycles. The molecular weight excluding hydrogens is 449 g/mol. The summed E-state index contributed by atoms with van der Waals surface area (Å²) in [5, 5.41) is 10.4. The number of nitrogens with one attached hydrogen (secondary N) is 3. The molecule has 0 atom stereocenters. The second-order valence-corrected chi connectivity index (χ2v) is 8.79. The number of hydrogen-bond donors (Lipinski definition) is 4. The van der Waals surface area contributed by atoms with Crippen LogP contribution in [0.4, 0.5) is 13.2 Å². The van der Waals surface area contributed by atoms with Crippen LogP contribution >= 0.6 is 0 Å². The molecule has 0 aliphatic carbocycles. The van der Waals surface area contributed by atoms with Crippen molar-refractivity contribution in [1.29, 1.82) is 0 Å². The van der Waals surface area contributed by atoms with Gasteiger partial charge in [-0.3, -0.25) is 4.79 Å². The summed E-state index contributed by atoms with van der Waals surface area (Å²) >= 11 is 0. The lowest BCUT2D eigenvalue weighted by Crippen LogP contribution is -2.42. The Bertz CT molecular complexity index is 1170. The van der Waals surface area contributed by atoms with Gasteiger partial charge >= 0.3 is 6.18 Å². The van der Waals surface area contributed by atoms with E-state index in [9.17, 15) is 21.6 Å². The van der Waals surface area contributed by atoms with Crippen molar-refractivity contribution in [2.75, 3.05) is 13.1 Å². The minimum atomic E-state index is -4.50. The van der Waals surface area contributed by atoms with Gasteiger partial charge in [-0.15, -0.1) is 0 Å². The average molecular weight is 470 g/mol. The highest BCUT2D eigenvalue weighted by molar-refractivity contribution is 7.89. The number of sulfonamides is 1. The van der Waals surface area contributed by atoms with E-state index in [2.05, 4.69) is 20.0 Å². The number of aromatic nitrogens is 2. The van der Waals surface area contributed by atoms with Crippen molar-refractivity contribution in [1.82, 2.24) is 20.0 Å². The summed E-state index contributed by atoms with van der Waals surface area (Å²) in [5.74, 6) is 0. The van der Waals surface area contributed by atoms with E-state index in [1.165, 1.54) is 18.3 Å². The van der Waals surface area contributed by atoms with Crippen LogP contribution in [0.1, 0.15) is 18.5 Å². The SMILES string of the molecule is O=CO.O=S(=O)(NC1CCNCC1)c1ccc(-c2ccnc3[nH]c(C(F)(F)F)cc23)cc1. The summed E-state index contributed by atoms with van der Waals surface area (Å²) in [5.41, 5.74) is 0.389. The number of halogens is 3. The number of rotatable bonds is 4. The third-order valence-electron chi connectivity index (χ3n) is 4.97. The van der Waals surface area contributed by atoms with E-state index in [-0.39, 0.29) is 23.1 Å². The fourth-order valence-corrected chi connectivity index (χ4v) is 4.78. The fourth-order valence-electron chi connectivity index (χ4n) is 3.47. The number of fused-ring (bicyclic) bond motifs is 1. The number of H-pyrrole nitrogens is 1. The lowest BCUT2D eigenvalue weighted by Gasteiger charge is -2.23. The lowest BCUT2D eigenvalue weighted by molar-refractivity contribution is -0.140. The Labute approximate surface area is 181 Å². The van der Waals surface area contributed by atoms with Gasteiger partial charge in [0.2, 0.25) is 10.0 Å². The Morgan fingerprint density at radius 1 is 1.12 bits per heavy atom. The van der Waals surface area contributed by atoms with E-state index >= 15 is 0 Å². The third kappa shape index (κ3) is 5.44. The molecule has 1 aliphatic heterocycles. The van der Waals surface area contributed by atoms with Crippen LogP contribution in [-0.2, 0) is 21.0 Å². The molecular formula is C20H21F3N4O4S. The van der Waals surface area contributed by atoms with Crippen molar-refractivity contribution in [3.8, 4) is 11.1 Å². The summed E-state index contributed by atoms with van der Waals surface area (Å²) in [4.78, 5) is 14.7. The monoisotopic (exact) mass is 470 g/mol. The average Bonchev–Trinajstić information content (AvgIpc) is 3.20. The molecule has 1 aromatic carbocycles. The standard InChI is InChI=1S/C19H19F3N4O2S.CH2O2/c20-19(21,22)17-11-16-15(7-10-24-18(16)25-17)12-1-3-14(4-2-12)29(27,28)26-13-5-8-23-9-6-13;2-1-3/h1-4,7,10-11,13,23,26H,5-6,8-9H2,(H,24,25);1H,(H,2,3). The largest absolute Gasteiger partial charge is 0.483 e. The predicted octanol–water partition coefficient (Wildman–Crippen LogP) is 2.98. The smallest absolute Gasteiger partial charge is 0.431 e. The zero-order valence-corrected chi connectivity index (χ0v) is 17.5. The topological polar surface area (TPSA) is 124 Å². The van der Waals surface area contributed by atoms with Crippen molar-refractivity contribution in [3.05, 3.63) is 48.3 Å². The third-order valence-corrected chi connectivity index (χ3v) is 6.51. The van der Waals surface area contributed by atoms with Gasteiger partial charge in [-0.05, 0) is 61.3 Å². The number of carboxylic acid groups (broad SMARTS) is 1. The Kier molecular flexibility index (Phi) is 7.16. The van der Waals surface area contributed by atoms with Crippen LogP contribution in [0.5, 0.6) is 0 Å². The summed E-state index contributed by atoms with van der Waals surface area (Å²) in [6, 6.07) is 8.61. The first-order valence-electron chi connectivity index (χ1n) is 9.62. The van der Waals surface area contributed by atoms with E-state index in [1.807, 2.05) is 0 Å². The van der Waals surface area contributed by atoms with E-state index in [4.69, 9.17) is 9.90 Å². The van der Waals surface area contributed by atoms with Gasteiger partial charge in [-0.25, -0.2) is 18.1 Å². The molecule has 12 heteroatoms. The molecule has 1 fully saturated rings. The Morgan fingerprint density at radius 2 is 1.75 bits per heavy atom. The number of benzene rings is 1. The van der Waals surface area contributed by atoms with E-state index in [0.29, 0.717) is 16.5 Å². The van der Waals surface area contributed by atoms with Gasteiger partial charge < -0.3 is 15.4 Å². The number of alkyl halides is 3. The van der Waals surface area contributed by atoms with Gasteiger partial charge in [0, 0.05) is 17.6 Å². The van der Waals surface area contributed by atoms with Crippen molar-refractivity contribution in [2.45, 2.75) is 30.0 Å². The van der Waals surface area contributed by atoms with Crippen LogP contribution in [0.3, 0.4) is 0 Å². The van der Waals surface area contributed by atoms with Crippen molar-refractivity contribution in [3.63, 3.8) is 0 Å². The quantitative estimate of drug-likeness (QED) is 0.435. The summed E-state index contributed by atoms with van der Waals surface area (Å²) in [6.07, 6.45) is -1.64. The number of aromatic amines is 1. The highest BCUT2D eigenvalue weighted by Crippen LogP contribution is 2.34. The van der Waals surface area contributed by atoms with Crippen molar-refractivity contribution in [2.24, 2.45) is 0 Å². The van der Waals surface area contributed by atoms with Crippen LogP contribution < -0.4 is 10.0 Å². The van der Waals surface area contributed by atoms with E-state index in [1.54, 1.807) is 18.2 Å². The molecule has 172 valence electrons. The highest BCUT2D eigenvalue weighted by Gasteiger charge is 2.33. The molecule has 0 unspecified atom stereocenters. The van der Waals surface area contributed by atoms with Gasteiger partial charge in [0.05, 0.1) is 4.90 Å². The first kappa shape index (κ1) is 23.7. The Morgan fingerprint density at radius 3 is 2.34 bits per heavy atom. The molecule has 0 bridgehead atoms. The highest BCUT2D eigenvalue weighted by atomic mass is 32.2. The minimum Gasteiger partial charge on any atom is -0.483 e. The maximum Gasteiger partial charge on any atom is 0.431 e. The molecule has 4 N–H and O–H groups in total. The zero-order valence-electron chi connectivity index (χ0n) is 16.7. The van der Waals surface area contributed by atoms with Crippen LogP contribution in [0.25, 0.3) is 22.2 Å². The lowest BCUT2D eigenvalue weighted by atomic mass is 10.0. The zero-order chi connectivity index (χ0) is 23.4. The normalized spacial score (nSPS) is 15.2. The molecule has 2 aromatic heterocycles. The van der Waals surface area contributed by atoms with Crippen LogP contribution in [-0.4, -0.2) is 49.1 Å². The molecule has 0 amide bonds. The summed E-state index contributed by atoms with van der Waals surface area (Å²) < 4.78 is 66.9. The molecule has 1 aliphatic rings. The van der Waals surface area contributed by atoms with E-state index in [0.717, 1.165) is 32.0 Å². The number of hydrogen-bond acceptors (Lipinski definition) is 5. The number of carbonyl (C=O) groups is 1. The first-order valence-corrected chi connectivity index (χ1v) is 11.1. The van der Waals surface area contributed by atoms with Crippen LogP contribution in [0.15, 0.2) is 47.5 Å². The molecule has 0 spiro atoms. The molecule has 8 nitrogen and oxygen atoms in total. The van der Waals surface area contributed by atoms with Gasteiger partial charge in [0.15, 0.2) is 0 Å². The molecule has 0 saturated carbocycles. The molecule has 32 heavy (non-hydrogen) atoms. The predicted molar refractivity (Wildman–Crippen MR) is 111 cm³/mol.